The summed E-state index contributed by atoms with van der Waals surface area (Å²) in [4.78, 5) is 4.23. The molecular weight excluding hydrogens is 260 g/mol. The number of fused-ring (bicyclic) bond motifs is 1. The van der Waals surface area contributed by atoms with Crippen molar-refractivity contribution in [3.8, 4) is 0 Å². The Labute approximate surface area is 126 Å². The number of hydrogen-bond donors (Lipinski definition) is 1. The Kier molecular flexibility index (Phi) is 3.96. The lowest BCUT2D eigenvalue weighted by molar-refractivity contribution is 0.0478. The average molecular weight is 284 g/mol. The highest BCUT2D eigenvalue weighted by molar-refractivity contribution is 5.85. The van der Waals surface area contributed by atoms with Gasteiger partial charge in [-0.05, 0) is 43.8 Å². The molecule has 0 radical (unpaired) electrons. The number of ether oxygens (including phenoxy) is 1. The molecule has 5 unspecified atom stereocenters. The highest BCUT2D eigenvalue weighted by Crippen LogP contribution is 2.41. The molecule has 1 aromatic carbocycles. The van der Waals surface area contributed by atoms with Crippen LogP contribution in [0.25, 0.3) is 10.8 Å². The van der Waals surface area contributed by atoms with Crippen LogP contribution in [0.1, 0.15) is 32.4 Å². The summed E-state index contributed by atoms with van der Waals surface area (Å²) in [6.07, 6.45) is 4.40. The molecule has 1 aliphatic heterocycles. The van der Waals surface area contributed by atoms with E-state index < -0.39 is 0 Å². The lowest BCUT2D eigenvalue weighted by Crippen LogP contribution is -2.33. The molecular formula is C18H24N2O. The van der Waals surface area contributed by atoms with Gasteiger partial charge in [0.05, 0.1) is 12.2 Å². The van der Waals surface area contributed by atoms with Gasteiger partial charge in [-0.3, -0.25) is 4.98 Å². The molecule has 0 amide bonds. The number of rotatable bonds is 3. The maximum absolute atomic E-state index is 6.05. The summed E-state index contributed by atoms with van der Waals surface area (Å²) in [5.41, 5.74) is 1.35. The molecule has 3 heteroatoms. The lowest BCUT2D eigenvalue weighted by atomic mass is 9.79. The first-order valence-corrected chi connectivity index (χ1v) is 7.79. The second kappa shape index (κ2) is 5.74. The summed E-state index contributed by atoms with van der Waals surface area (Å²) in [6, 6.07) is 8.89. The molecule has 1 aromatic heterocycles. The van der Waals surface area contributed by atoms with Crippen LogP contribution in [0.4, 0.5) is 0 Å². The Morgan fingerprint density at radius 3 is 2.62 bits per heavy atom. The lowest BCUT2D eigenvalue weighted by Gasteiger charge is -2.30. The Morgan fingerprint density at radius 1 is 1.14 bits per heavy atom. The Bertz CT molecular complexity index is 622. The van der Waals surface area contributed by atoms with Crippen molar-refractivity contribution in [1.29, 1.82) is 0 Å². The molecule has 0 bridgehead atoms. The number of benzene rings is 1. The van der Waals surface area contributed by atoms with Crippen molar-refractivity contribution < 1.29 is 4.74 Å². The molecule has 1 aliphatic rings. The highest BCUT2D eigenvalue weighted by atomic mass is 16.5. The maximum Gasteiger partial charge on any atom is 0.0600 e. The second-order valence-corrected chi connectivity index (χ2v) is 6.19. The van der Waals surface area contributed by atoms with E-state index in [2.05, 4.69) is 55.3 Å². The summed E-state index contributed by atoms with van der Waals surface area (Å²) in [7, 11) is 2.05. The molecule has 1 fully saturated rings. The van der Waals surface area contributed by atoms with Gasteiger partial charge >= 0.3 is 0 Å². The second-order valence-electron chi connectivity index (χ2n) is 6.19. The number of aromatic nitrogens is 1. The minimum Gasteiger partial charge on any atom is -0.375 e. The van der Waals surface area contributed by atoms with Crippen LogP contribution < -0.4 is 5.32 Å². The van der Waals surface area contributed by atoms with Gasteiger partial charge in [0.1, 0.15) is 0 Å². The van der Waals surface area contributed by atoms with E-state index in [0.29, 0.717) is 24.0 Å². The maximum atomic E-state index is 6.05. The van der Waals surface area contributed by atoms with Gasteiger partial charge in [-0.15, -0.1) is 0 Å². The average Bonchev–Trinajstić information content (AvgIpc) is 2.75. The molecule has 0 aliphatic carbocycles. The third-order valence-corrected chi connectivity index (χ3v) is 5.06. The SMILES string of the molecule is CNC(c1cccc2cnccc12)C1C(C)OC(C)C1C. The van der Waals surface area contributed by atoms with Gasteiger partial charge in [-0.2, -0.15) is 0 Å². The molecule has 3 rings (SSSR count). The zero-order chi connectivity index (χ0) is 15.0. The Hall–Kier alpha value is -1.45. The molecule has 2 heterocycles. The van der Waals surface area contributed by atoms with Crippen molar-refractivity contribution in [2.45, 2.75) is 39.0 Å². The summed E-state index contributed by atoms with van der Waals surface area (Å²) in [5, 5.41) is 6.01. The van der Waals surface area contributed by atoms with Crippen LogP contribution in [0, 0.1) is 11.8 Å². The van der Waals surface area contributed by atoms with Gasteiger partial charge in [0, 0.05) is 29.7 Å². The standard InChI is InChI=1S/C18H24N2O/c1-11-12(2)21-13(3)17(11)18(19-4)16-7-5-6-14-10-20-9-8-15(14)16/h5-13,17-19H,1-4H3. The van der Waals surface area contributed by atoms with Crippen LogP contribution in [0.5, 0.6) is 0 Å². The number of pyridine rings is 1. The first kappa shape index (κ1) is 14.5. The molecule has 0 spiro atoms. The van der Waals surface area contributed by atoms with E-state index in [1.54, 1.807) is 0 Å². The Balaban J connectivity index is 2.07. The van der Waals surface area contributed by atoms with Crippen molar-refractivity contribution in [2.24, 2.45) is 11.8 Å². The Morgan fingerprint density at radius 2 is 1.95 bits per heavy atom. The predicted molar refractivity (Wildman–Crippen MR) is 86.2 cm³/mol. The molecule has 0 saturated carbocycles. The van der Waals surface area contributed by atoms with E-state index in [4.69, 9.17) is 4.74 Å². The van der Waals surface area contributed by atoms with Crippen molar-refractivity contribution in [3.63, 3.8) is 0 Å². The van der Waals surface area contributed by atoms with Crippen LogP contribution >= 0.6 is 0 Å². The normalized spacial score (nSPS) is 30.7. The minimum atomic E-state index is 0.268. The smallest absolute Gasteiger partial charge is 0.0600 e. The zero-order valence-electron chi connectivity index (χ0n) is 13.2. The largest absolute Gasteiger partial charge is 0.375 e. The zero-order valence-corrected chi connectivity index (χ0v) is 13.2. The minimum absolute atomic E-state index is 0.268. The van der Waals surface area contributed by atoms with Gasteiger partial charge in [0.2, 0.25) is 0 Å². The third kappa shape index (κ3) is 2.45. The summed E-state index contributed by atoms with van der Waals surface area (Å²) in [5.74, 6) is 1.01. The fourth-order valence-electron chi connectivity index (χ4n) is 3.84. The van der Waals surface area contributed by atoms with Gasteiger partial charge in [-0.25, -0.2) is 0 Å². The van der Waals surface area contributed by atoms with Gasteiger partial charge < -0.3 is 10.1 Å². The quantitative estimate of drug-likeness (QED) is 0.936. The molecule has 112 valence electrons. The molecule has 21 heavy (non-hydrogen) atoms. The predicted octanol–water partition coefficient (Wildman–Crippen LogP) is 3.55. The van der Waals surface area contributed by atoms with E-state index >= 15 is 0 Å². The first-order valence-electron chi connectivity index (χ1n) is 7.79. The fourth-order valence-corrected chi connectivity index (χ4v) is 3.84. The van der Waals surface area contributed by atoms with Crippen LogP contribution in [0.3, 0.4) is 0 Å². The number of hydrogen-bond acceptors (Lipinski definition) is 3. The van der Waals surface area contributed by atoms with E-state index in [0.717, 1.165) is 0 Å². The van der Waals surface area contributed by atoms with Crippen molar-refractivity contribution in [3.05, 3.63) is 42.2 Å². The summed E-state index contributed by atoms with van der Waals surface area (Å²) < 4.78 is 6.05. The van der Waals surface area contributed by atoms with Crippen LogP contribution in [0.15, 0.2) is 36.7 Å². The monoisotopic (exact) mass is 284 g/mol. The van der Waals surface area contributed by atoms with E-state index in [1.165, 1.54) is 16.3 Å². The number of nitrogens with one attached hydrogen (secondary N) is 1. The van der Waals surface area contributed by atoms with Crippen LogP contribution in [-0.4, -0.2) is 24.2 Å². The van der Waals surface area contributed by atoms with Gasteiger partial charge in [0.25, 0.3) is 0 Å². The van der Waals surface area contributed by atoms with Gasteiger partial charge in [-0.1, -0.05) is 25.1 Å². The fraction of sp³-hybridized carbons (Fsp3) is 0.500. The van der Waals surface area contributed by atoms with E-state index in [1.807, 2.05) is 19.4 Å². The van der Waals surface area contributed by atoms with Crippen LogP contribution in [0.2, 0.25) is 0 Å². The number of nitrogens with zero attached hydrogens (tertiary/aromatic N) is 1. The van der Waals surface area contributed by atoms with Crippen molar-refractivity contribution >= 4 is 10.8 Å². The topological polar surface area (TPSA) is 34.2 Å². The van der Waals surface area contributed by atoms with E-state index in [9.17, 15) is 0 Å². The molecule has 2 aromatic rings. The first-order chi connectivity index (χ1) is 10.1. The summed E-state index contributed by atoms with van der Waals surface area (Å²) in [6.45, 7) is 6.68. The molecule has 1 N–H and O–H groups in total. The van der Waals surface area contributed by atoms with Crippen molar-refractivity contribution in [2.75, 3.05) is 7.05 Å². The highest BCUT2D eigenvalue weighted by Gasteiger charge is 2.41. The molecule has 1 saturated heterocycles. The van der Waals surface area contributed by atoms with E-state index in [-0.39, 0.29) is 6.10 Å². The third-order valence-electron chi connectivity index (χ3n) is 5.06. The van der Waals surface area contributed by atoms with Crippen molar-refractivity contribution in [1.82, 2.24) is 10.3 Å². The molecule has 5 atom stereocenters. The van der Waals surface area contributed by atoms with Gasteiger partial charge in [0.15, 0.2) is 0 Å². The molecule has 3 nitrogen and oxygen atoms in total. The summed E-state index contributed by atoms with van der Waals surface area (Å²) >= 11 is 0. The van der Waals surface area contributed by atoms with Crippen LogP contribution in [-0.2, 0) is 4.74 Å².